The number of anilines is 3. The molecule has 3 rings (SSSR count). The number of piperidine rings is 1. The second kappa shape index (κ2) is 6.92. The first kappa shape index (κ1) is 17.5. The second-order valence-corrected chi connectivity index (χ2v) is 6.28. The maximum atomic E-state index is 12.8. The van der Waals surface area contributed by atoms with Gasteiger partial charge in [-0.15, -0.1) is 0 Å². The standard InChI is InChI=1S/C18H20F3N3O/c1-12-9-15(11-17(22-12)24-7-5-16(25)6-8-24)23-14-4-2-3-13(10-14)18(19,20)21/h2-4,9-11,16,25H,5-8H2,1H3,(H,22,23). The molecule has 2 heterocycles. The third-order valence-corrected chi connectivity index (χ3v) is 4.21. The monoisotopic (exact) mass is 351 g/mol. The van der Waals surface area contributed by atoms with Gasteiger partial charge in [0.1, 0.15) is 5.82 Å². The third kappa shape index (κ3) is 4.42. The highest BCUT2D eigenvalue weighted by Gasteiger charge is 2.30. The van der Waals surface area contributed by atoms with E-state index in [0.717, 1.165) is 23.6 Å². The Balaban J connectivity index is 1.81. The number of aliphatic hydroxyl groups is 1. The zero-order chi connectivity index (χ0) is 18.0. The van der Waals surface area contributed by atoms with Crippen LogP contribution in [0.3, 0.4) is 0 Å². The maximum Gasteiger partial charge on any atom is 0.416 e. The molecular formula is C18H20F3N3O. The van der Waals surface area contributed by atoms with Crippen LogP contribution in [0.4, 0.5) is 30.4 Å². The van der Waals surface area contributed by atoms with Gasteiger partial charge >= 0.3 is 6.18 Å². The quantitative estimate of drug-likeness (QED) is 0.874. The normalized spacial score (nSPS) is 16.1. The van der Waals surface area contributed by atoms with Gasteiger partial charge in [-0.2, -0.15) is 13.2 Å². The molecule has 1 aromatic carbocycles. The predicted molar refractivity (Wildman–Crippen MR) is 91.2 cm³/mol. The van der Waals surface area contributed by atoms with E-state index in [1.807, 2.05) is 13.0 Å². The molecule has 1 saturated heterocycles. The summed E-state index contributed by atoms with van der Waals surface area (Å²) in [7, 11) is 0. The van der Waals surface area contributed by atoms with Gasteiger partial charge in [-0.05, 0) is 44.0 Å². The molecule has 134 valence electrons. The molecule has 0 spiro atoms. The molecule has 0 amide bonds. The molecule has 7 heteroatoms. The Morgan fingerprint density at radius 3 is 2.52 bits per heavy atom. The summed E-state index contributed by atoms with van der Waals surface area (Å²) in [4.78, 5) is 6.59. The fraction of sp³-hybridized carbons (Fsp3) is 0.389. The summed E-state index contributed by atoms with van der Waals surface area (Å²) in [5, 5.41) is 12.6. The molecular weight excluding hydrogens is 331 g/mol. The molecule has 1 aliphatic heterocycles. The zero-order valence-electron chi connectivity index (χ0n) is 13.8. The van der Waals surface area contributed by atoms with Gasteiger partial charge in [-0.3, -0.25) is 0 Å². The largest absolute Gasteiger partial charge is 0.416 e. The first-order chi connectivity index (χ1) is 11.8. The summed E-state index contributed by atoms with van der Waals surface area (Å²) in [6.45, 7) is 3.26. The maximum absolute atomic E-state index is 12.8. The molecule has 1 aliphatic rings. The number of hydrogen-bond acceptors (Lipinski definition) is 4. The Hall–Kier alpha value is -2.28. The molecule has 0 unspecified atom stereocenters. The second-order valence-electron chi connectivity index (χ2n) is 6.28. The van der Waals surface area contributed by atoms with Crippen molar-refractivity contribution in [2.24, 2.45) is 0 Å². The molecule has 1 aromatic heterocycles. The van der Waals surface area contributed by atoms with Crippen molar-refractivity contribution in [2.75, 3.05) is 23.3 Å². The lowest BCUT2D eigenvalue weighted by Gasteiger charge is -2.31. The van der Waals surface area contributed by atoms with Crippen LogP contribution in [0.25, 0.3) is 0 Å². The first-order valence-electron chi connectivity index (χ1n) is 8.17. The van der Waals surface area contributed by atoms with Gasteiger partial charge in [0.2, 0.25) is 0 Å². The van der Waals surface area contributed by atoms with Crippen LogP contribution in [0.2, 0.25) is 0 Å². The Morgan fingerprint density at radius 1 is 1.12 bits per heavy atom. The van der Waals surface area contributed by atoms with Crippen LogP contribution in [0.5, 0.6) is 0 Å². The number of rotatable bonds is 3. The molecule has 1 fully saturated rings. The van der Waals surface area contributed by atoms with Crippen LogP contribution in [0.15, 0.2) is 36.4 Å². The zero-order valence-corrected chi connectivity index (χ0v) is 13.8. The van der Waals surface area contributed by atoms with Gasteiger partial charge < -0.3 is 15.3 Å². The molecule has 0 bridgehead atoms. The van der Waals surface area contributed by atoms with Gasteiger partial charge in [-0.25, -0.2) is 4.98 Å². The van der Waals surface area contributed by atoms with Crippen molar-refractivity contribution in [1.82, 2.24) is 4.98 Å². The Morgan fingerprint density at radius 2 is 1.84 bits per heavy atom. The average Bonchev–Trinajstić information content (AvgIpc) is 2.54. The van der Waals surface area contributed by atoms with Crippen molar-refractivity contribution in [3.8, 4) is 0 Å². The Bertz CT molecular complexity index is 741. The van der Waals surface area contributed by atoms with Crippen LogP contribution >= 0.6 is 0 Å². The van der Waals surface area contributed by atoms with Crippen molar-refractivity contribution < 1.29 is 18.3 Å². The van der Waals surface area contributed by atoms with Crippen molar-refractivity contribution in [2.45, 2.75) is 32.0 Å². The highest BCUT2D eigenvalue weighted by atomic mass is 19.4. The summed E-state index contributed by atoms with van der Waals surface area (Å²) in [6.07, 6.45) is -3.27. The molecule has 2 aromatic rings. The highest BCUT2D eigenvalue weighted by molar-refractivity contribution is 5.64. The lowest BCUT2D eigenvalue weighted by atomic mass is 10.1. The minimum Gasteiger partial charge on any atom is -0.393 e. The van der Waals surface area contributed by atoms with Gasteiger partial charge in [-0.1, -0.05) is 6.07 Å². The molecule has 25 heavy (non-hydrogen) atoms. The summed E-state index contributed by atoms with van der Waals surface area (Å²) in [5.74, 6) is 0.765. The first-order valence-corrected chi connectivity index (χ1v) is 8.17. The predicted octanol–water partition coefficient (Wildman–Crippen LogP) is 4.11. The number of benzene rings is 1. The summed E-state index contributed by atoms with van der Waals surface area (Å²) in [5.41, 5.74) is 1.15. The van der Waals surface area contributed by atoms with Crippen LogP contribution < -0.4 is 10.2 Å². The minimum atomic E-state index is -4.37. The molecule has 0 aliphatic carbocycles. The Kier molecular flexibility index (Phi) is 4.85. The smallest absolute Gasteiger partial charge is 0.393 e. The van der Waals surface area contributed by atoms with Gasteiger partial charge in [0, 0.05) is 36.2 Å². The highest BCUT2D eigenvalue weighted by Crippen LogP contribution is 2.32. The van der Waals surface area contributed by atoms with Crippen LogP contribution in [-0.4, -0.2) is 29.3 Å². The molecule has 0 radical (unpaired) electrons. The number of aliphatic hydroxyl groups excluding tert-OH is 1. The lowest BCUT2D eigenvalue weighted by molar-refractivity contribution is -0.137. The molecule has 4 nitrogen and oxygen atoms in total. The number of alkyl halides is 3. The third-order valence-electron chi connectivity index (χ3n) is 4.21. The SMILES string of the molecule is Cc1cc(Nc2cccc(C(F)(F)F)c2)cc(N2CCC(O)CC2)n1. The van der Waals surface area contributed by atoms with Crippen molar-refractivity contribution in [1.29, 1.82) is 0 Å². The van der Waals surface area contributed by atoms with E-state index < -0.39 is 11.7 Å². The topological polar surface area (TPSA) is 48.4 Å². The van der Waals surface area contributed by atoms with Crippen molar-refractivity contribution in [3.63, 3.8) is 0 Å². The summed E-state index contributed by atoms with van der Waals surface area (Å²) >= 11 is 0. The van der Waals surface area contributed by atoms with E-state index in [9.17, 15) is 18.3 Å². The number of aromatic nitrogens is 1. The number of aryl methyl sites for hydroxylation is 1. The van der Waals surface area contributed by atoms with Crippen molar-refractivity contribution >= 4 is 17.2 Å². The van der Waals surface area contributed by atoms with Crippen LogP contribution in [0.1, 0.15) is 24.1 Å². The molecule has 0 saturated carbocycles. The van der Waals surface area contributed by atoms with E-state index in [0.29, 0.717) is 37.3 Å². The lowest BCUT2D eigenvalue weighted by Crippen LogP contribution is -2.36. The number of halogens is 3. The van der Waals surface area contributed by atoms with Crippen LogP contribution in [-0.2, 0) is 6.18 Å². The minimum absolute atomic E-state index is 0.274. The van der Waals surface area contributed by atoms with E-state index in [-0.39, 0.29) is 6.10 Å². The summed E-state index contributed by atoms with van der Waals surface area (Å²) in [6, 6.07) is 8.74. The van der Waals surface area contributed by atoms with Crippen LogP contribution in [0, 0.1) is 6.92 Å². The molecule has 2 N–H and O–H groups in total. The van der Waals surface area contributed by atoms with Gasteiger partial charge in [0.15, 0.2) is 0 Å². The van der Waals surface area contributed by atoms with Gasteiger partial charge in [0.05, 0.1) is 11.7 Å². The van der Waals surface area contributed by atoms with Crippen molar-refractivity contribution in [3.05, 3.63) is 47.7 Å². The number of nitrogens with zero attached hydrogens (tertiary/aromatic N) is 2. The number of nitrogens with one attached hydrogen (secondary N) is 1. The average molecular weight is 351 g/mol. The van der Waals surface area contributed by atoms with E-state index >= 15 is 0 Å². The van der Waals surface area contributed by atoms with E-state index in [2.05, 4.69) is 15.2 Å². The van der Waals surface area contributed by atoms with E-state index in [4.69, 9.17) is 0 Å². The number of hydrogen-bond donors (Lipinski definition) is 2. The van der Waals surface area contributed by atoms with E-state index in [1.54, 1.807) is 12.1 Å². The van der Waals surface area contributed by atoms with E-state index in [1.165, 1.54) is 6.07 Å². The number of pyridine rings is 1. The fourth-order valence-corrected chi connectivity index (χ4v) is 2.92. The summed E-state index contributed by atoms with van der Waals surface area (Å²) < 4.78 is 38.5. The van der Waals surface area contributed by atoms with Gasteiger partial charge in [0.25, 0.3) is 0 Å². The fourth-order valence-electron chi connectivity index (χ4n) is 2.92. The Labute approximate surface area is 144 Å². The molecule has 0 atom stereocenters.